The van der Waals surface area contributed by atoms with Crippen LogP contribution in [-0.4, -0.2) is 59.6 Å². The summed E-state index contributed by atoms with van der Waals surface area (Å²) in [7, 11) is 0. The highest BCUT2D eigenvalue weighted by Gasteiger charge is 2.27. The molecule has 30 heavy (non-hydrogen) atoms. The van der Waals surface area contributed by atoms with Gasteiger partial charge in [-0.25, -0.2) is 0 Å². The number of allylic oxidation sites excluding steroid dienone is 4. The molecule has 1 aliphatic carbocycles. The van der Waals surface area contributed by atoms with Crippen molar-refractivity contribution in [3.05, 3.63) is 52.8 Å². The molecule has 1 aliphatic rings. The summed E-state index contributed by atoms with van der Waals surface area (Å²) in [4.78, 5) is 0. The van der Waals surface area contributed by atoms with Gasteiger partial charge in [-0.15, -0.1) is 0 Å². The van der Waals surface area contributed by atoms with E-state index in [2.05, 4.69) is 0 Å². The Morgan fingerprint density at radius 3 is 2.47 bits per heavy atom. The van der Waals surface area contributed by atoms with E-state index >= 15 is 0 Å². The molecule has 0 saturated heterocycles. The predicted octanol–water partition coefficient (Wildman–Crippen LogP) is 3.32. The van der Waals surface area contributed by atoms with Crippen molar-refractivity contribution < 1.29 is 29.5 Å². The maximum Gasteiger partial charge on any atom is 0.150 e. The molecule has 1 fully saturated rings. The summed E-state index contributed by atoms with van der Waals surface area (Å²) in [6.07, 6.45) is 3.68. The second kappa shape index (κ2) is 13.0. The second-order valence-electron chi connectivity index (χ2n) is 7.32. The molecule has 6 nitrogen and oxygen atoms in total. The molecule has 1 aromatic carbocycles. The summed E-state index contributed by atoms with van der Waals surface area (Å²) in [5, 5.41) is 30.1. The standard InChI is InChI=1S/C23H33ClO6/c1-3-5-19(24)21(30-22(15-25)23(27)20(26)4-2)14-16-6-8-17(9-7-16)28-12-13-29-18-10-11-18/h3,5-9,18,20,22-23,25-27H,4,10-15H2,1-2H3/b5-3-,21-19+/t20-,22-,23+/m1/s1. The van der Waals surface area contributed by atoms with Crippen LogP contribution in [0.1, 0.15) is 38.7 Å². The summed E-state index contributed by atoms with van der Waals surface area (Å²) < 4.78 is 17.1. The number of benzene rings is 1. The van der Waals surface area contributed by atoms with Gasteiger partial charge < -0.3 is 29.5 Å². The molecule has 7 heteroatoms. The first-order valence-corrected chi connectivity index (χ1v) is 10.8. The Morgan fingerprint density at radius 2 is 1.90 bits per heavy atom. The fraction of sp³-hybridized carbons (Fsp3) is 0.565. The number of hydrogen-bond acceptors (Lipinski definition) is 6. The van der Waals surface area contributed by atoms with Crippen LogP contribution < -0.4 is 4.74 Å². The number of ether oxygens (including phenoxy) is 3. The van der Waals surface area contributed by atoms with E-state index in [1.165, 1.54) is 0 Å². The van der Waals surface area contributed by atoms with Crippen LogP contribution in [0, 0.1) is 0 Å². The van der Waals surface area contributed by atoms with Crippen LogP contribution in [0.25, 0.3) is 0 Å². The molecule has 0 unspecified atom stereocenters. The van der Waals surface area contributed by atoms with Crippen LogP contribution in [0.4, 0.5) is 0 Å². The van der Waals surface area contributed by atoms with Gasteiger partial charge in [0.05, 0.1) is 30.5 Å². The van der Waals surface area contributed by atoms with Crippen LogP contribution in [0.5, 0.6) is 5.75 Å². The van der Waals surface area contributed by atoms with E-state index in [1.807, 2.05) is 31.2 Å². The van der Waals surface area contributed by atoms with Crippen molar-refractivity contribution in [2.45, 2.75) is 63.9 Å². The van der Waals surface area contributed by atoms with Gasteiger partial charge >= 0.3 is 0 Å². The molecule has 2 rings (SSSR count). The Morgan fingerprint density at radius 1 is 1.20 bits per heavy atom. The van der Waals surface area contributed by atoms with E-state index in [0.717, 1.165) is 24.2 Å². The van der Waals surface area contributed by atoms with Gasteiger partial charge in [0, 0.05) is 6.42 Å². The molecule has 0 radical (unpaired) electrons. The van der Waals surface area contributed by atoms with Crippen molar-refractivity contribution in [3.63, 3.8) is 0 Å². The second-order valence-corrected chi connectivity index (χ2v) is 7.72. The average Bonchev–Trinajstić information content (AvgIpc) is 3.58. The zero-order chi connectivity index (χ0) is 21.9. The normalized spacial score (nSPS) is 18.1. The first-order valence-electron chi connectivity index (χ1n) is 10.5. The third-order valence-electron chi connectivity index (χ3n) is 4.76. The van der Waals surface area contributed by atoms with Crippen molar-refractivity contribution >= 4 is 11.6 Å². The van der Waals surface area contributed by atoms with Crippen molar-refractivity contribution in [1.29, 1.82) is 0 Å². The van der Waals surface area contributed by atoms with Crippen molar-refractivity contribution in [3.8, 4) is 5.75 Å². The van der Waals surface area contributed by atoms with Crippen LogP contribution in [0.3, 0.4) is 0 Å². The maximum atomic E-state index is 10.2. The highest BCUT2D eigenvalue weighted by atomic mass is 35.5. The third-order valence-corrected chi connectivity index (χ3v) is 5.10. The van der Waals surface area contributed by atoms with Crippen molar-refractivity contribution in [2.24, 2.45) is 0 Å². The molecule has 1 aromatic rings. The summed E-state index contributed by atoms with van der Waals surface area (Å²) in [6, 6.07) is 7.55. The molecule has 3 atom stereocenters. The minimum Gasteiger partial charge on any atom is -0.491 e. The summed E-state index contributed by atoms with van der Waals surface area (Å²) >= 11 is 6.37. The zero-order valence-corrected chi connectivity index (χ0v) is 18.4. The van der Waals surface area contributed by atoms with Gasteiger partial charge in [-0.1, -0.05) is 36.7 Å². The highest BCUT2D eigenvalue weighted by molar-refractivity contribution is 6.31. The SMILES string of the molecule is C/C=C\C(Cl)=C(\Cc1ccc(OCCOC2CC2)cc1)O[C@H](CO)[C@@H](O)[C@H](O)CC. The van der Waals surface area contributed by atoms with Crippen LogP contribution >= 0.6 is 11.6 Å². The fourth-order valence-corrected chi connectivity index (χ4v) is 3.04. The minimum atomic E-state index is -1.22. The maximum absolute atomic E-state index is 10.2. The van der Waals surface area contributed by atoms with Crippen molar-refractivity contribution in [2.75, 3.05) is 19.8 Å². The smallest absolute Gasteiger partial charge is 0.150 e. The van der Waals surface area contributed by atoms with E-state index < -0.39 is 24.9 Å². The number of aliphatic hydroxyl groups excluding tert-OH is 3. The third kappa shape index (κ3) is 8.28. The minimum absolute atomic E-state index is 0.343. The Bertz CT molecular complexity index is 683. The Kier molecular flexibility index (Phi) is 10.7. The molecular weight excluding hydrogens is 408 g/mol. The largest absolute Gasteiger partial charge is 0.491 e. The van der Waals surface area contributed by atoms with Crippen LogP contribution in [-0.2, 0) is 15.9 Å². The number of halogens is 1. The Hall–Kier alpha value is -1.57. The quantitative estimate of drug-likeness (QED) is 0.233. The van der Waals surface area contributed by atoms with E-state index in [4.69, 9.17) is 25.8 Å². The van der Waals surface area contributed by atoms with Gasteiger partial charge in [-0.2, -0.15) is 0 Å². The summed E-state index contributed by atoms with van der Waals surface area (Å²) in [5.74, 6) is 1.15. The highest BCUT2D eigenvalue weighted by Crippen LogP contribution is 2.24. The fourth-order valence-electron chi connectivity index (χ4n) is 2.81. The van der Waals surface area contributed by atoms with Gasteiger partial charge in [0.2, 0.25) is 0 Å². The lowest BCUT2D eigenvalue weighted by molar-refractivity contribution is -0.0892. The lowest BCUT2D eigenvalue weighted by Crippen LogP contribution is -2.41. The van der Waals surface area contributed by atoms with E-state index in [0.29, 0.717) is 43.0 Å². The molecule has 0 bridgehead atoms. The summed E-state index contributed by atoms with van der Waals surface area (Å²) in [5.41, 5.74) is 0.927. The van der Waals surface area contributed by atoms with Crippen LogP contribution in [0.15, 0.2) is 47.2 Å². The molecule has 3 N–H and O–H groups in total. The number of hydrogen-bond donors (Lipinski definition) is 3. The first kappa shape index (κ1) is 24.7. The zero-order valence-electron chi connectivity index (χ0n) is 17.7. The van der Waals surface area contributed by atoms with Gasteiger partial charge in [0.25, 0.3) is 0 Å². The van der Waals surface area contributed by atoms with E-state index in [1.54, 1.807) is 19.1 Å². The lowest BCUT2D eigenvalue weighted by Gasteiger charge is -2.27. The first-order chi connectivity index (χ1) is 14.5. The molecule has 0 aromatic heterocycles. The Labute approximate surface area is 183 Å². The average molecular weight is 441 g/mol. The van der Waals surface area contributed by atoms with Gasteiger partial charge in [-0.05, 0) is 50.0 Å². The van der Waals surface area contributed by atoms with Gasteiger partial charge in [0.15, 0.2) is 0 Å². The number of aliphatic hydroxyl groups is 3. The molecule has 0 aliphatic heterocycles. The van der Waals surface area contributed by atoms with Crippen LogP contribution in [0.2, 0.25) is 0 Å². The number of rotatable bonds is 14. The monoisotopic (exact) mass is 440 g/mol. The topological polar surface area (TPSA) is 88.4 Å². The molecule has 168 valence electrons. The predicted molar refractivity (Wildman–Crippen MR) is 117 cm³/mol. The molecular formula is C23H33ClO6. The molecule has 0 heterocycles. The Balaban J connectivity index is 2.00. The van der Waals surface area contributed by atoms with E-state index in [-0.39, 0.29) is 0 Å². The van der Waals surface area contributed by atoms with E-state index in [9.17, 15) is 15.3 Å². The van der Waals surface area contributed by atoms with Gasteiger partial charge in [0.1, 0.15) is 30.3 Å². The van der Waals surface area contributed by atoms with Gasteiger partial charge in [-0.3, -0.25) is 0 Å². The molecule has 0 amide bonds. The summed E-state index contributed by atoms with van der Waals surface area (Å²) in [6.45, 7) is 4.22. The van der Waals surface area contributed by atoms with Crippen molar-refractivity contribution in [1.82, 2.24) is 0 Å². The molecule has 1 saturated carbocycles. The molecule has 0 spiro atoms. The lowest BCUT2D eigenvalue weighted by atomic mass is 10.1.